The zero-order valence-electron chi connectivity index (χ0n) is 11.3. The molecule has 3 nitrogen and oxygen atoms in total. The van der Waals surface area contributed by atoms with E-state index in [9.17, 15) is 5.11 Å². The normalized spacial score (nSPS) is 14.4. The third-order valence-electron chi connectivity index (χ3n) is 3.37. The van der Waals surface area contributed by atoms with Crippen LogP contribution >= 0.6 is 0 Å². The summed E-state index contributed by atoms with van der Waals surface area (Å²) in [4.78, 5) is 2.24. The Morgan fingerprint density at radius 1 is 1.29 bits per heavy atom. The minimum atomic E-state index is 0.265. The minimum absolute atomic E-state index is 0.265. The molecule has 1 aromatic carbocycles. The highest BCUT2D eigenvalue weighted by Gasteiger charge is 2.23. The van der Waals surface area contributed by atoms with E-state index in [4.69, 9.17) is 0 Å². The molecule has 1 aromatic rings. The third kappa shape index (κ3) is 3.93. The molecule has 0 saturated heterocycles. The van der Waals surface area contributed by atoms with E-state index in [1.54, 1.807) is 12.1 Å². The van der Waals surface area contributed by atoms with E-state index in [-0.39, 0.29) is 5.41 Å². The Morgan fingerprint density at radius 3 is 2.35 bits per heavy atom. The number of phenolic OH excluding ortho intramolecular Hbond substituents is 1. The number of nitrogens with one attached hydrogen (secondary N) is 1. The van der Waals surface area contributed by atoms with E-state index >= 15 is 0 Å². The number of aromatic hydroxyl groups is 1. The average Bonchev–Trinajstić information content (AvgIpc) is 2.30. The van der Waals surface area contributed by atoms with Crippen LogP contribution in [0, 0.1) is 5.41 Å². The minimum Gasteiger partial charge on any atom is -0.508 e. The Hall–Kier alpha value is -1.22. The van der Waals surface area contributed by atoms with Crippen LogP contribution in [-0.2, 0) is 0 Å². The molecule has 0 heterocycles. The lowest BCUT2D eigenvalue weighted by molar-refractivity contribution is 0.308. The molecule has 2 N–H and O–H groups in total. The first kappa shape index (κ1) is 13.8. The van der Waals surface area contributed by atoms with Crippen molar-refractivity contribution in [2.45, 2.75) is 20.3 Å². The van der Waals surface area contributed by atoms with Gasteiger partial charge in [0, 0.05) is 25.8 Å². The molecule has 0 aliphatic heterocycles. The van der Waals surface area contributed by atoms with Crippen LogP contribution < -0.4 is 10.2 Å². The van der Waals surface area contributed by atoms with Gasteiger partial charge in [0.1, 0.15) is 5.75 Å². The van der Waals surface area contributed by atoms with Crippen LogP contribution in [0.25, 0.3) is 0 Å². The summed E-state index contributed by atoms with van der Waals surface area (Å²) in [6, 6.07) is 7.36. The zero-order chi connectivity index (χ0) is 12.9. The Kier molecular flexibility index (Phi) is 4.82. The second-order valence-electron chi connectivity index (χ2n) is 5.07. The number of phenols is 1. The van der Waals surface area contributed by atoms with Gasteiger partial charge in [0.05, 0.1) is 0 Å². The van der Waals surface area contributed by atoms with Gasteiger partial charge in [0.25, 0.3) is 0 Å². The van der Waals surface area contributed by atoms with Crippen LogP contribution in [0.1, 0.15) is 20.3 Å². The van der Waals surface area contributed by atoms with E-state index < -0.39 is 0 Å². The smallest absolute Gasteiger partial charge is 0.115 e. The number of nitrogens with zero attached hydrogens (tertiary/aromatic N) is 1. The summed E-state index contributed by atoms with van der Waals surface area (Å²) in [7, 11) is 4.09. The fourth-order valence-electron chi connectivity index (χ4n) is 2.09. The Morgan fingerprint density at radius 2 is 1.88 bits per heavy atom. The number of benzene rings is 1. The van der Waals surface area contributed by atoms with Crippen LogP contribution in [0.15, 0.2) is 24.3 Å². The van der Waals surface area contributed by atoms with Crippen LogP contribution in [0.4, 0.5) is 5.69 Å². The fraction of sp³-hybridized carbons (Fsp3) is 0.571. The van der Waals surface area contributed by atoms with Crippen LogP contribution in [0.3, 0.4) is 0 Å². The van der Waals surface area contributed by atoms with Crippen molar-refractivity contribution in [3.8, 4) is 5.75 Å². The highest BCUT2D eigenvalue weighted by atomic mass is 16.3. The predicted molar refractivity (Wildman–Crippen MR) is 73.7 cm³/mol. The van der Waals surface area contributed by atoms with E-state index in [1.165, 1.54) is 0 Å². The summed E-state index contributed by atoms with van der Waals surface area (Å²) >= 11 is 0. The zero-order valence-corrected chi connectivity index (χ0v) is 11.3. The second kappa shape index (κ2) is 5.92. The molecule has 0 aliphatic rings. The molecule has 0 fully saturated rings. The monoisotopic (exact) mass is 236 g/mol. The van der Waals surface area contributed by atoms with Crippen molar-refractivity contribution in [3.05, 3.63) is 24.3 Å². The van der Waals surface area contributed by atoms with Gasteiger partial charge in [-0.05, 0) is 43.1 Å². The van der Waals surface area contributed by atoms with Gasteiger partial charge < -0.3 is 15.3 Å². The molecule has 1 atom stereocenters. The Labute approximate surface area is 104 Å². The summed E-state index contributed by atoms with van der Waals surface area (Å²) in [5.41, 5.74) is 1.40. The van der Waals surface area contributed by atoms with Crippen molar-refractivity contribution in [3.63, 3.8) is 0 Å². The number of rotatable bonds is 6. The topological polar surface area (TPSA) is 35.5 Å². The summed E-state index contributed by atoms with van der Waals surface area (Å²) in [5, 5.41) is 12.5. The van der Waals surface area contributed by atoms with Gasteiger partial charge in [-0.1, -0.05) is 13.8 Å². The molecule has 17 heavy (non-hydrogen) atoms. The largest absolute Gasteiger partial charge is 0.508 e. The fourth-order valence-corrected chi connectivity index (χ4v) is 2.09. The van der Waals surface area contributed by atoms with Crippen molar-refractivity contribution in [1.82, 2.24) is 5.32 Å². The quantitative estimate of drug-likeness (QED) is 0.796. The lowest BCUT2D eigenvalue weighted by Crippen LogP contribution is -2.39. The molecule has 0 radical (unpaired) electrons. The molecule has 0 saturated carbocycles. The first-order chi connectivity index (χ1) is 8.00. The molecule has 1 rings (SSSR count). The maximum absolute atomic E-state index is 9.27. The second-order valence-corrected chi connectivity index (χ2v) is 5.07. The van der Waals surface area contributed by atoms with Crippen LogP contribution in [0.2, 0.25) is 0 Å². The highest BCUT2D eigenvalue weighted by molar-refractivity contribution is 5.48. The average molecular weight is 236 g/mol. The van der Waals surface area contributed by atoms with E-state index in [1.807, 2.05) is 19.2 Å². The summed E-state index contributed by atoms with van der Waals surface area (Å²) in [6.07, 6.45) is 1.14. The molecule has 0 aromatic heterocycles. The molecular weight excluding hydrogens is 212 g/mol. The molecule has 0 bridgehead atoms. The molecule has 0 aliphatic carbocycles. The van der Waals surface area contributed by atoms with Crippen LogP contribution in [0.5, 0.6) is 5.75 Å². The van der Waals surface area contributed by atoms with Gasteiger partial charge in [-0.15, -0.1) is 0 Å². The molecule has 0 amide bonds. The number of hydrogen-bond donors (Lipinski definition) is 2. The molecule has 1 unspecified atom stereocenters. The highest BCUT2D eigenvalue weighted by Crippen LogP contribution is 2.25. The van der Waals surface area contributed by atoms with Gasteiger partial charge in [-0.3, -0.25) is 0 Å². The van der Waals surface area contributed by atoms with E-state index in [2.05, 4.69) is 31.1 Å². The maximum Gasteiger partial charge on any atom is 0.115 e. The van der Waals surface area contributed by atoms with Crippen molar-refractivity contribution < 1.29 is 5.11 Å². The van der Waals surface area contributed by atoms with Crippen molar-refractivity contribution in [2.75, 3.05) is 32.1 Å². The van der Waals surface area contributed by atoms with Crippen molar-refractivity contribution in [1.29, 1.82) is 0 Å². The summed E-state index contributed by atoms with van der Waals surface area (Å²) in [5.74, 6) is 0.315. The van der Waals surface area contributed by atoms with Gasteiger partial charge >= 0.3 is 0 Å². The van der Waals surface area contributed by atoms with Crippen LogP contribution in [-0.4, -0.2) is 32.3 Å². The van der Waals surface area contributed by atoms with Gasteiger partial charge in [0.2, 0.25) is 0 Å². The van der Waals surface area contributed by atoms with Crippen molar-refractivity contribution >= 4 is 5.69 Å². The summed E-state index contributed by atoms with van der Waals surface area (Å²) in [6.45, 7) is 6.52. The van der Waals surface area contributed by atoms with Gasteiger partial charge in [-0.2, -0.15) is 0 Å². The summed E-state index contributed by atoms with van der Waals surface area (Å²) < 4.78 is 0. The predicted octanol–water partition coefficient (Wildman–Crippen LogP) is 2.46. The maximum atomic E-state index is 9.27. The third-order valence-corrected chi connectivity index (χ3v) is 3.37. The molecule has 0 spiro atoms. The SMILES string of the molecule is CCC(C)(CNC)CN(C)c1ccc(O)cc1. The Balaban J connectivity index is 2.70. The lowest BCUT2D eigenvalue weighted by Gasteiger charge is -2.34. The standard InChI is InChI=1S/C14H24N2O/c1-5-14(2,10-15-3)11-16(4)12-6-8-13(17)9-7-12/h6-9,15,17H,5,10-11H2,1-4H3. The van der Waals surface area contributed by atoms with E-state index in [0.717, 1.165) is 25.2 Å². The molecular formula is C14H24N2O. The molecule has 3 heteroatoms. The van der Waals surface area contributed by atoms with Gasteiger partial charge in [0.15, 0.2) is 0 Å². The first-order valence-electron chi connectivity index (χ1n) is 6.15. The molecule has 96 valence electrons. The van der Waals surface area contributed by atoms with Gasteiger partial charge in [-0.25, -0.2) is 0 Å². The number of hydrogen-bond acceptors (Lipinski definition) is 3. The Bertz CT molecular complexity index is 337. The van der Waals surface area contributed by atoms with Crippen molar-refractivity contribution in [2.24, 2.45) is 5.41 Å². The lowest BCUT2D eigenvalue weighted by atomic mass is 9.87. The van der Waals surface area contributed by atoms with E-state index in [0.29, 0.717) is 5.75 Å². The number of anilines is 1. The first-order valence-corrected chi connectivity index (χ1v) is 6.15.